The molecule has 1 aliphatic carbocycles. The number of nitrogens with zero attached hydrogens (tertiary/aromatic N) is 1. The Morgan fingerprint density at radius 1 is 1.25 bits per heavy atom. The van der Waals surface area contributed by atoms with Crippen LogP contribution in [0.1, 0.15) is 25.7 Å². The Hall–Kier alpha value is -0.0700. The summed E-state index contributed by atoms with van der Waals surface area (Å²) in [4.78, 5) is 14.3. The SMILES string of the molecule is Cl.Cl.NC1CCCC(C(=O)NCCN2CCOCC2)C1. The van der Waals surface area contributed by atoms with Crippen LogP contribution in [-0.4, -0.2) is 56.2 Å². The van der Waals surface area contributed by atoms with Crippen molar-refractivity contribution in [2.75, 3.05) is 39.4 Å². The van der Waals surface area contributed by atoms with Crippen molar-refractivity contribution < 1.29 is 9.53 Å². The summed E-state index contributed by atoms with van der Waals surface area (Å²) in [5.41, 5.74) is 5.91. The molecule has 120 valence electrons. The quantitative estimate of drug-likeness (QED) is 0.801. The van der Waals surface area contributed by atoms with Gasteiger partial charge in [0.2, 0.25) is 5.91 Å². The summed E-state index contributed by atoms with van der Waals surface area (Å²) >= 11 is 0. The van der Waals surface area contributed by atoms with Crippen LogP contribution in [-0.2, 0) is 9.53 Å². The maximum Gasteiger partial charge on any atom is 0.223 e. The Morgan fingerprint density at radius 2 is 1.95 bits per heavy atom. The van der Waals surface area contributed by atoms with E-state index >= 15 is 0 Å². The van der Waals surface area contributed by atoms with Gasteiger partial charge in [-0.05, 0) is 19.3 Å². The van der Waals surface area contributed by atoms with Gasteiger partial charge < -0.3 is 15.8 Å². The second-order valence-electron chi connectivity index (χ2n) is 5.37. The monoisotopic (exact) mass is 327 g/mol. The Balaban J connectivity index is 0.00000180. The molecule has 5 nitrogen and oxygen atoms in total. The van der Waals surface area contributed by atoms with E-state index in [0.717, 1.165) is 65.1 Å². The van der Waals surface area contributed by atoms with Gasteiger partial charge in [-0.25, -0.2) is 0 Å². The Morgan fingerprint density at radius 3 is 2.60 bits per heavy atom. The number of hydrogen-bond acceptors (Lipinski definition) is 4. The van der Waals surface area contributed by atoms with Crippen molar-refractivity contribution in [3.8, 4) is 0 Å². The molecule has 1 saturated carbocycles. The summed E-state index contributed by atoms with van der Waals surface area (Å²) in [5.74, 6) is 0.330. The van der Waals surface area contributed by atoms with Gasteiger partial charge in [0.05, 0.1) is 13.2 Å². The summed E-state index contributed by atoms with van der Waals surface area (Å²) in [6, 6.07) is 0.216. The first-order chi connectivity index (χ1) is 8.75. The summed E-state index contributed by atoms with van der Waals surface area (Å²) in [5, 5.41) is 3.04. The normalized spacial score (nSPS) is 27.1. The molecule has 7 heteroatoms. The summed E-state index contributed by atoms with van der Waals surface area (Å²) in [6.07, 6.45) is 4.00. The number of nitrogens with one attached hydrogen (secondary N) is 1. The summed E-state index contributed by atoms with van der Waals surface area (Å²) in [6.45, 7) is 5.24. The number of rotatable bonds is 4. The number of nitrogens with two attached hydrogens (primary N) is 1. The molecule has 1 heterocycles. The lowest BCUT2D eigenvalue weighted by atomic mass is 9.85. The smallest absolute Gasteiger partial charge is 0.223 e. The first-order valence-electron chi connectivity index (χ1n) is 7.09. The van der Waals surface area contributed by atoms with E-state index in [1.165, 1.54) is 0 Å². The highest BCUT2D eigenvalue weighted by Crippen LogP contribution is 2.22. The lowest BCUT2D eigenvalue weighted by Gasteiger charge is -2.28. The average molecular weight is 328 g/mol. The molecule has 0 radical (unpaired) electrons. The third-order valence-electron chi connectivity index (χ3n) is 3.92. The van der Waals surface area contributed by atoms with Crippen LogP contribution < -0.4 is 11.1 Å². The topological polar surface area (TPSA) is 67.6 Å². The van der Waals surface area contributed by atoms with Gasteiger partial charge in [-0.15, -0.1) is 24.8 Å². The van der Waals surface area contributed by atoms with E-state index in [4.69, 9.17) is 10.5 Å². The first-order valence-corrected chi connectivity index (χ1v) is 7.09. The number of hydrogen-bond donors (Lipinski definition) is 2. The molecule has 1 saturated heterocycles. The molecule has 0 spiro atoms. The lowest BCUT2D eigenvalue weighted by molar-refractivity contribution is -0.126. The van der Waals surface area contributed by atoms with Gasteiger partial charge in [0.1, 0.15) is 0 Å². The molecule has 20 heavy (non-hydrogen) atoms. The minimum absolute atomic E-state index is 0. The molecule has 1 aliphatic heterocycles. The van der Waals surface area contributed by atoms with Crippen LogP contribution in [0.2, 0.25) is 0 Å². The van der Waals surface area contributed by atoms with Gasteiger partial charge in [-0.1, -0.05) is 6.42 Å². The van der Waals surface area contributed by atoms with Crippen LogP contribution in [0.5, 0.6) is 0 Å². The van der Waals surface area contributed by atoms with Gasteiger partial charge in [-0.3, -0.25) is 9.69 Å². The van der Waals surface area contributed by atoms with Gasteiger partial charge in [0.25, 0.3) is 0 Å². The van der Waals surface area contributed by atoms with Crippen LogP contribution >= 0.6 is 24.8 Å². The number of halogens is 2. The zero-order chi connectivity index (χ0) is 12.8. The van der Waals surface area contributed by atoms with Crippen LogP contribution in [0.15, 0.2) is 0 Å². The van der Waals surface area contributed by atoms with Crippen LogP contribution in [0.25, 0.3) is 0 Å². The van der Waals surface area contributed by atoms with E-state index in [2.05, 4.69) is 10.2 Å². The lowest BCUT2D eigenvalue weighted by Crippen LogP contribution is -2.43. The van der Waals surface area contributed by atoms with Crippen LogP contribution in [0.3, 0.4) is 0 Å². The zero-order valence-corrected chi connectivity index (χ0v) is 13.5. The average Bonchev–Trinajstić information content (AvgIpc) is 2.40. The zero-order valence-electron chi connectivity index (χ0n) is 11.9. The van der Waals surface area contributed by atoms with Gasteiger partial charge in [-0.2, -0.15) is 0 Å². The van der Waals surface area contributed by atoms with Crippen molar-refractivity contribution in [2.45, 2.75) is 31.7 Å². The standard InChI is InChI=1S/C13H25N3O2.2ClH/c14-12-3-1-2-11(10-12)13(17)15-4-5-16-6-8-18-9-7-16;;/h11-12H,1-10,14H2,(H,15,17);2*1H. The van der Waals surface area contributed by atoms with Crippen molar-refractivity contribution in [1.29, 1.82) is 0 Å². The second kappa shape index (κ2) is 10.6. The van der Waals surface area contributed by atoms with Crippen molar-refractivity contribution in [2.24, 2.45) is 11.7 Å². The molecule has 0 bridgehead atoms. The van der Waals surface area contributed by atoms with E-state index < -0.39 is 0 Å². The second-order valence-corrected chi connectivity index (χ2v) is 5.37. The highest BCUT2D eigenvalue weighted by molar-refractivity contribution is 5.85. The maximum absolute atomic E-state index is 12.0. The molecule has 2 unspecified atom stereocenters. The third kappa shape index (κ3) is 6.59. The molecular formula is C13H27Cl2N3O2. The van der Waals surface area contributed by atoms with Crippen molar-refractivity contribution in [3.63, 3.8) is 0 Å². The molecule has 0 aromatic rings. The van der Waals surface area contributed by atoms with Crippen LogP contribution in [0, 0.1) is 5.92 Å². The van der Waals surface area contributed by atoms with Gasteiger partial charge in [0.15, 0.2) is 0 Å². The molecule has 1 amide bonds. The first kappa shape index (κ1) is 19.9. The van der Waals surface area contributed by atoms with E-state index in [-0.39, 0.29) is 42.7 Å². The molecule has 2 aliphatic rings. The number of ether oxygens (including phenoxy) is 1. The summed E-state index contributed by atoms with van der Waals surface area (Å²) < 4.78 is 5.29. The fourth-order valence-corrected chi connectivity index (χ4v) is 2.77. The number of morpholine rings is 1. The highest BCUT2D eigenvalue weighted by atomic mass is 35.5. The molecule has 0 aromatic carbocycles. The third-order valence-corrected chi connectivity index (χ3v) is 3.92. The fraction of sp³-hybridized carbons (Fsp3) is 0.923. The van der Waals surface area contributed by atoms with Crippen molar-refractivity contribution in [1.82, 2.24) is 10.2 Å². The largest absolute Gasteiger partial charge is 0.379 e. The molecular weight excluding hydrogens is 301 g/mol. The van der Waals surface area contributed by atoms with Crippen molar-refractivity contribution in [3.05, 3.63) is 0 Å². The maximum atomic E-state index is 12.0. The molecule has 2 fully saturated rings. The number of carbonyl (C=O) groups excluding carboxylic acids is 1. The van der Waals surface area contributed by atoms with Crippen molar-refractivity contribution >= 4 is 30.7 Å². The summed E-state index contributed by atoms with van der Waals surface area (Å²) in [7, 11) is 0. The minimum atomic E-state index is 0. The van der Waals surface area contributed by atoms with E-state index in [0.29, 0.717) is 0 Å². The predicted octanol–water partition coefficient (Wildman–Crippen LogP) is 0.796. The number of amides is 1. The van der Waals surface area contributed by atoms with Gasteiger partial charge >= 0.3 is 0 Å². The predicted molar refractivity (Wildman–Crippen MR) is 84.7 cm³/mol. The number of carbonyl (C=O) groups is 1. The molecule has 2 rings (SSSR count). The van der Waals surface area contributed by atoms with E-state index in [1.54, 1.807) is 0 Å². The fourth-order valence-electron chi connectivity index (χ4n) is 2.77. The van der Waals surface area contributed by atoms with E-state index in [1.807, 2.05) is 0 Å². The highest BCUT2D eigenvalue weighted by Gasteiger charge is 2.25. The Bertz CT molecular complexity index is 276. The molecule has 0 aromatic heterocycles. The molecule has 3 N–H and O–H groups in total. The Labute approximate surface area is 133 Å². The van der Waals surface area contributed by atoms with Crippen LogP contribution in [0.4, 0.5) is 0 Å². The van der Waals surface area contributed by atoms with Gasteiger partial charge in [0, 0.05) is 38.1 Å². The minimum Gasteiger partial charge on any atom is -0.379 e. The Kier molecular flexibility index (Phi) is 10.6. The molecule has 2 atom stereocenters. The van der Waals surface area contributed by atoms with E-state index in [9.17, 15) is 4.79 Å².